The molecule has 2 N–H and O–H groups in total. The lowest BCUT2D eigenvalue weighted by Crippen LogP contribution is -2.34. The summed E-state index contributed by atoms with van der Waals surface area (Å²) >= 11 is 0. The van der Waals surface area contributed by atoms with Crippen LogP contribution in [0.5, 0.6) is 23.0 Å². The van der Waals surface area contributed by atoms with Crippen molar-refractivity contribution in [2.75, 3.05) is 34.4 Å². The van der Waals surface area contributed by atoms with Gasteiger partial charge in [0.25, 0.3) is 0 Å². The van der Waals surface area contributed by atoms with Gasteiger partial charge in [-0.2, -0.15) is 0 Å². The number of phenolic OH excluding ortho intramolecular Hbond substituents is 1. The Morgan fingerprint density at radius 2 is 1.70 bits per heavy atom. The van der Waals surface area contributed by atoms with E-state index in [2.05, 4.69) is 42.3 Å². The maximum Gasteiger partial charge on any atom is 0.201 e. The minimum absolute atomic E-state index is 0.00622. The molecule has 3 unspecified atom stereocenters. The predicted octanol–water partition coefficient (Wildman–Crippen LogP) is 6.43. The van der Waals surface area contributed by atoms with Crippen molar-refractivity contribution in [1.82, 2.24) is 4.90 Å². The Morgan fingerprint density at radius 3 is 2.45 bits per heavy atom. The molecule has 0 saturated heterocycles. The van der Waals surface area contributed by atoms with Crippen LogP contribution in [0.15, 0.2) is 82.9 Å². The molecule has 10 rings (SSSR count). The van der Waals surface area contributed by atoms with Crippen molar-refractivity contribution < 1.29 is 29.2 Å². The normalized spacial score (nSPS) is 23.1. The molecule has 0 aromatic heterocycles. The molecule has 3 aromatic carbocycles. The van der Waals surface area contributed by atoms with E-state index in [9.17, 15) is 10.2 Å². The molecule has 0 saturated carbocycles. The molecule has 0 amide bonds. The van der Waals surface area contributed by atoms with Crippen LogP contribution in [0.25, 0.3) is 0 Å². The van der Waals surface area contributed by atoms with E-state index in [-0.39, 0.29) is 29.4 Å². The summed E-state index contributed by atoms with van der Waals surface area (Å²) in [6.07, 6.45) is 5.06. The number of benzene rings is 3. The molecule has 3 aromatic rings. The number of methoxy groups -OCH3 is 2. The molecular weight excluding hydrogens is 556 g/mol. The van der Waals surface area contributed by atoms with Gasteiger partial charge < -0.3 is 29.2 Å². The van der Waals surface area contributed by atoms with Crippen molar-refractivity contribution in [2.45, 2.75) is 38.3 Å². The third kappa shape index (κ3) is 5.07. The van der Waals surface area contributed by atoms with Crippen LogP contribution in [-0.4, -0.2) is 55.2 Å². The molecule has 6 aliphatic heterocycles. The molecule has 0 spiro atoms. The Labute approximate surface area is 257 Å². The Hall–Kier alpha value is -4.43. The van der Waals surface area contributed by atoms with Crippen LogP contribution < -0.4 is 9.47 Å². The zero-order valence-electron chi connectivity index (χ0n) is 25.4. The topological polar surface area (TPSA) is 93.0 Å². The monoisotopic (exact) mass is 594 g/mol. The van der Waals surface area contributed by atoms with Crippen molar-refractivity contribution in [3.8, 4) is 23.0 Å². The summed E-state index contributed by atoms with van der Waals surface area (Å²) in [5, 5.41) is 22.9. The average Bonchev–Trinajstić information content (AvgIpc) is 3.04. The van der Waals surface area contributed by atoms with Crippen LogP contribution in [0, 0.1) is 11.8 Å². The Kier molecular flexibility index (Phi) is 7.46. The highest BCUT2D eigenvalue weighted by Gasteiger charge is 2.39. The molecule has 6 heterocycles. The molecule has 6 bridgehead atoms. The molecule has 1 aliphatic carbocycles. The Bertz CT molecular complexity index is 1660. The van der Waals surface area contributed by atoms with Gasteiger partial charge in [-0.25, -0.2) is 0 Å². The van der Waals surface area contributed by atoms with E-state index in [4.69, 9.17) is 23.9 Å². The average molecular weight is 595 g/mol. The van der Waals surface area contributed by atoms with E-state index in [1.807, 2.05) is 30.3 Å². The number of phenols is 1. The lowest BCUT2D eigenvalue weighted by atomic mass is 9.77. The van der Waals surface area contributed by atoms with Gasteiger partial charge in [-0.3, -0.25) is 9.89 Å². The number of hydrogen-bond donors (Lipinski definition) is 2. The fraction of sp³-hybridized carbons (Fsp3) is 0.361. The lowest BCUT2D eigenvalue weighted by Gasteiger charge is -2.36. The van der Waals surface area contributed by atoms with Gasteiger partial charge in [-0.1, -0.05) is 36.4 Å². The highest BCUT2D eigenvalue weighted by molar-refractivity contribution is 5.92. The highest BCUT2D eigenvalue weighted by Crippen LogP contribution is 2.49. The van der Waals surface area contributed by atoms with Gasteiger partial charge in [0.15, 0.2) is 23.0 Å². The minimum atomic E-state index is -0.268. The zero-order valence-corrected chi connectivity index (χ0v) is 25.4. The second-order valence-corrected chi connectivity index (χ2v) is 12.1. The molecule has 7 aliphatic rings. The van der Waals surface area contributed by atoms with Crippen LogP contribution in [0.3, 0.4) is 0 Å². The van der Waals surface area contributed by atoms with Crippen molar-refractivity contribution >= 4 is 5.71 Å². The number of likely N-dealkylation sites (N-methyl/N-ethyl adjacent to an activating group) is 1. The number of aliphatic hydroxyl groups excluding tert-OH is 1. The van der Waals surface area contributed by atoms with Gasteiger partial charge >= 0.3 is 0 Å². The first kappa shape index (κ1) is 28.3. The first-order chi connectivity index (χ1) is 21.4. The number of rotatable bonds is 2. The van der Waals surface area contributed by atoms with E-state index >= 15 is 0 Å². The quantitative estimate of drug-likeness (QED) is 0.353. The highest BCUT2D eigenvalue weighted by atomic mass is 16.5. The minimum Gasteiger partial charge on any atom is -0.508 e. The van der Waals surface area contributed by atoms with Crippen molar-refractivity contribution in [2.24, 2.45) is 16.8 Å². The number of aliphatic imine (C=N–C) groups is 1. The Morgan fingerprint density at radius 1 is 0.955 bits per heavy atom. The SMILES string of the molecule is COC1=CC2CCN=C3Cc4ccc(cc4)Oc4c(O)c(OC)cc5c4C(Cc4ccc(cc4)COC1=C(O)C32)N(C)CC5. The van der Waals surface area contributed by atoms with E-state index < -0.39 is 0 Å². The molecule has 3 atom stereocenters. The van der Waals surface area contributed by atoms with Gasteiger partial charge in [-0.15, -0.1) is 0 Å². The third-order valence-electron chi connectivity index (χ3n) is 9.43. The van der Waals surface area contributed by atoms with E-state index in [0.717, 1.165) is 59.3 Å². The standard InChI is InChI=1S/C36H38N2O6/c1-38-15-13-25-18-29(41-2)33(39)36-32(25)28(38)17-22-4-6-23(7-5-22)20-43-35-30(42-3)19-24-12-14-37-27(31(24)34(35)40)16-21-8-10-26(44-36)11-9-21/h4-11,18-19,24,28,31,39-40H,12-17,20H2,1-3H3. The maximum atomic E-state index is 11.6. The number of allylic oxidation sites excluding steroid dienone is 2. The number of nitrogens with zero attached hydrogens (tertiary/aromatic N) is 2. The van der Waals surface area contributed by atoms with Crippen LogP contribution in [-0.2, 0) is 35.3 Å². The van der Waals surface area contributed by atoms with Gasteiger partial charge in [0.05, 0.1) is 20.1 Å². The number of aliphatic hydroxyl groups is 1. The van der Waals surface area contributed by atoms with Gasteiger partial charge in [0.1, 0.15) is 18.1 Å². The van der Waals surface area contributed by atoms with Crippen molar-refractivity contribution in [3.63, 3.8) is 0 Å². The predicted molar refractivity (Wildman–Crippen MR) is 168 cm³/mol. The summed E-state index contributed by atoms with van der Waals surface area (Å²) in [5.41, 5.74) is 6.22. The summed E-state index contributed by atoms with van der Waals surface area (Å²) in [6, 6.07) is 18.2. The first-order valence-electron chi connectivity index (χ1n) is 15.3. The largest absolute Gasteiger partial charge is 0.508 e. The summed E-state index contributed by atoms with van der Waals surface area (Å²) in [4.78, 5) is 7.19. The van der Waals surface area contributed by atoms with E-state index in [0.29, 0.717) is 48.3 Å². The maximum absolute atomic E-state index is 11.6. The fourth-order valence-electron chi connectivity index (χ4n) is 7.02. The van der Waals surface area contributed by atoms with Gasteiger partial charge in [0.2, 0.25) is 5.75 Å². The molecule has 228 valence electrons. The van der Waals surface area contributed by atoms with Gasteiger partial charge in [-0.05, 0) is 78.8 Å². The third-order valence-corrected chi connectivity index (χ3v) is 9.43. The molecular formula is C36H38N2O6. The second kappa shape index (κ2) is 11.6. The van der Waals surface area contributed by atoms with Crippen LogP contribution in [0.2, 0.25) is 0 Å². The molecule has 0 fully saturated rings. The Balaban J connectivity index is 1.33. The van der Waals surface area contributed by atoms with Crippen LogP contribution in [0.1, 0.15) is 40.3 Å². The molecule has 44 heavy (non-hydrogen) atoms. The van der Waals surface area contributed by atoms with Gasteiger partial charge in [0, 0.05) is 36.8 Å². The van der Waals surface area contributed by atoms with E-state index in [1.54, 1.807) is 14.2 Å². The van der Waals surface area contributed by atoms with Crippen LogP contribution in [0.4, 0.5) is 0 Å². The fourth-order valence-corrected chi connectivity index (χ4v) is 7.02. The smallest absolute Gasteiger partial charge is 0.201 e. The first-order valence-corrected chi connectivity index (χ1v) is 15.3. The summed E-state index contributed by atoms with van der Waals surface area (Å²) in [6.45, 7) is 1.87. The summed E-state index contributed by atoms with van der Waals surface area (Å²) in [5.74, 6) is 2.42. The molecule has 8 nitrogen and oxygen atoms in total. The number of ether oxygens (including phenoxy) is 4. The summed E-state index contributed by atoms with van der Waals surface area (Å²) in [7, 11) is 5.30. The second-order valence-electron chi connectivity index (χ2n) is 12.1. The lowest BCUT2D eigenvalue weighted by molar-refractivity contribution is 0.131. The van der Waals surface area contributed by atoms with Crippen molar-refractivity contribution in [3.05, 3.63) is 106 Å². The molecule has 0 radical (unpaired) electrons. The van der Waals surface area contributed by atoms with E-state index in [1.165, 1.54) is 0 Å². The molecule has 8 heteroatoms. The zero-order chi connectivity index (χ0) is 30.4. The van der Waals surface area contributed by atoms with Crippen molar-refractivity contribution in [1.29, 1.82) is 0 Å². The summed E-state index contributed by atoms with van der Waals surface area (Å²) < 4.78 is 24.0. The number of hydrogen-bond acceptors (Lipinski definition) is 8. The van der Waals surface area contributed by atoms with Crippen LogP contribution >= 0.6 is 0 Å². The number of aromatic hydroxyl groups is 1.